The summed E-state index contributed by atoms with van der Waals surface area (Å²) < 4.78 is 0. The van der Waals surface area contributed by atoms with Crippen molar-refractivity contribution in [3.63, 3.8) is 0 Å². The van der Waals surface area contributed by atoms with Gasteiger partial charge in [-0.15, -0.1) is 0 Å². The van der Waals surface area contributed by atoms with E-state index in [1.54, 1.807) is 0 Å². The lowest BCUT2D eigenvalue weighted by Crippen LogP contribution is -2.35. The molecule has 1 aliphatic heterocycles. The number of nitrogens with one attached hydrogen (secondary N) is 2. The Morgan fingerprint density at radius 1 is 1.16 bits per heavy atom. The molecule has 1 aliphatic rings. The fraction of sp³-hybridized carbons (Fsp3) is 0.692. The van der Waals surface area contributed by atoms with E-state index >= 15 is 0 Å². The fourth-order valence-corrected chi connectivity index (χ4v) is 2.30. The van der Waals surface area contributed by atoms with E-state index in [4.69, 9.17) is 5.84 Å². The zero-order valence-corrected chi connectivity index (χ0v) is 11.9. The summed E-state index contributed by atoms with van der Waals surface area (Å²) in [5, 5.41) is 2.23. The maximum Gasteiger partial charge on any atom is 0.149 e. The van der Waals surface area contributed by atoms with Gasteiger partial charge in [0, 0.05) is 25.1 Å². The van der Waals surface area contributed by atoms with Crippen LogP contribution in [0.2, 0.25) is 0 Å². The minimum absolute atomic E-state index is 0.706. The van der Waals surface area contributed by atoms with Crippen molar-refractivity contribution in [2.45, 2.75) is 46.0 Å². The third-order valence-corrected chi connectivity index (χ3v) is 3.42. The average Bonchev–Trinajstić information content (AvgIpc) is 2.43. The Morgan fingerprint density at radius 2 is 1.84 bits per heavy atom. The van der Waals surface area contributed by atoms with Gasteiger partial charge in [-0.3, -0.25) is 0 Å². The summed E-state index contributed by atoms with van der Waals surface area (Å²) in [4.78, 5) is 9.03. The Bertz CT molecular complexity index is 414. The van der Waals surface area contributed by atoms with Gasteiger partial charge in [-0.25, -0.2) is 20.8 Å². The number of hydrogen-bond donors (Lipinski definition) is 3. The maximum atomic E-state index is 5.54. The number of hydrazine groups is 2. The number of aryl methyl sites for hydroxylation is 1. The zero-order chi connectivity index (χ0) is 13.7. The maximum absolute atomic E-state index is 5.54. The third-order valence-electron chi connectivity index (χ3n) is 3.42. The molecule has 1 aromatic rings. The molecule has 0 aliphatic carbocycles. The molecular weight excluding hydrogens is 240 g/mol. The third kappa shape index (κ3) is 3.54. The first kappa shape index (κ1) is 14.0. The molecule has 1 aromatic heterocycles. The van der Waals surface area contributed by atoms with E-state index in [1.165, 1.54) is 19.3 Å². The summed E-state index contributed by atoms with van der Waals surface area (Å²) in [6.45, 7) is 6.24. The van der Waals surface area contributed by atoms with Crippen LogP contribution in [-0.4, -0.2) is 28.1 Å². The highest BCUT2D eigenvalue weighted by atomic mass is 15.5. The molecule has 0 atom stereocenters. The molecule has 0 amide bonds. The Balaban J connectivity index is 2.18. The highest BCUT2D eigenvalue weighted by Gasteiger charge is 2.14. The number of anilines is 2. The van der Waals surface area contributed by atoms with Crippen molar-refractivity contribution < 1.29 is 0 Å². The number of piperidine rings is 1. The van der Waals surface area contributed by atoms with Crippen LogP contribution in [0.25, 0.3) is 0 Å². The normalized spacial score (nSPS) is 16.4. The summed E-state index contributed by atoms with van der Waals surface area (Å²) in [6.07, 6.45) is 5.68. The second kappa shape index (κ2) is 6.68. The van der Waals surface area contributed by atoms with E-state index in [2.05, 4.69) is 32.8 Å². The zero-order valence-electron chi connectivity index (χ0n) is 11.9. The Kier molecular flexibility index (Phi) is 4.93. The summed E-state index contributed by atoms with van der Waals surface area (Å²) in [5.41, 5.74) is 7.04. The van der Waals surface area contributed by atoms with Gasteiger partial charge in [0.15, 0.2) is 0 Å². The molecule has 19 heavy (non-hydrogen) atoms. The molecular formula is C13H24N6. The fourth-order valence-electron chi connectivity index (χ4n) is 2.30. The number of nitrogens with two attached hydrogens (primary N) is 1. The largest absolute Gasteiger partial charge is 0.308 e. The quantitative estimate of drug-likeness (QED) is 0.556. The number of nitrogen functional groups attached to an aromatic ring is 1. The molecule has 1 saturated heterocycles. The monoisotopic (exact) mass is 264 g/mol. The SMILES string of the molecule is CCCc1nc(NN)c(C)c(NN2CCCCC2)n1. The van der Waals surface area contributed by atoms with Crippen LogP contribution in [0.5, 0.6) is 0 Å². The topological polar surface area (TPSA) is 79.1 Å². The van der Waals surface area contributed by atoms with E-state index in [-0.39, 0.29) is 0 Å². The van der Waals surface area contributed by atoms with Crippen molar-refractivity contribution in [3.05, 3.63) is 11.4 Å². The van der Waals surface area contributed by atoms with E-state index in [0.29, 0.717) is 5.82 Å². The van der Waals surface area contributed by atoms with Gasteiger partial charge >= 0.3 is 0 Å². The molecule has 6 nitrogen and oxygen atoms in total. The van der Waals surface area contributed by atoms with E-state index in [0.717, 1.165) is 43.1 Å². The average molecular weight is 264 g/mol. The highest BCUT2D eigenvalue weighted by Crippen LogP contribution is 2.21. The van der Waals surface area contributed by atoms with Crippen molar-refractivity contribution in [2.24, 2.45) is 5.84 Å². The van der Waals surface area contributed by atoms with Gasteiger partial charge in [-0.05, 0) is 26.2 Å². The Morgan fingerprint density at radius 3 is 2.47 bits per heavy atom. The van der Waals surface area contributed by atoms with E-state index in [1.807, 2.05) is 6.92 Å². The van der Waals surface area contributed by atoms with Crippen molar-refractivity contribution in [1.29, 1.82) is 0 Å². The number of rotatable bonds is 5. The van der Waals surface area contributed by atoms with Crippen molar-refractivity contribution in [1.82, 2.24) is 15.0 Å². The predicted octanol–water partition coefficient (Wildman–Crippen LogP) is 1.84. The van der Waals surface area contributed by atoms with Crippen molar-refractivity contribution >= 4 is 11.6 Å². The first-order valence-electron chi connectivity index (χ1n) is 7.10. The molecule has 0 unspecified atom stereocenters. The molecule has 4 N–H and O–H groups in total. The summed E-state index contributed by atoms with van der Waals surface area (Å²) in [6, 6.07) is 0. The van der Waals surface area contributed by atoms with Crippen LogP contribution in [0.15, 0.2) is 0 Å². The number of nitrogens with zero attached hydrogens (tertiary/aromatic N) is 3. The van der Waals surface area contributed by atoms with Gasteiger partial charge in [-0.2, -0.15) is 0 Å². The second-order valence-corrected chi connectivity index (χ2v) is 5.02. The molecule has 6 heteroatoms. The summed E-state index contributed by atoms with van der Waals surface area (Å²) >= 11 is 0. The summed E-state index contributed by atoms with van der Waals surface area (Å²) in [7, 11) is 0. The lowest BCUT2D eigenvalue weighted by atomic mass is 10.2. The van der Waals surface area contributed by atoms with Gasteiger partial charge in [0.2, 0.25) is 0 Å². The molecule has 0 saturated carbocycles. The van der Waals surface area contributed by atoms with Crippen LogP contribution in [0.1, 0.15) is 44.0 Å². The van der Waals surface area contributed by atoms with Gasteiger partial charge < -0.3 is 10.9 Å². The van der Waals surface area contributed by atoms with Crippen LogP contribution in [-0.2, 0) is 6.42 Å². The minimum Gasteiger partial charge on any atom is -0.308 e. The van der Waals surface area contributed by atoms with E-state index in [9.17, 15) is 0 Å². The predicted molar refractivity (Wildman–Crippen MR) is 77.6 cm³/mol. The lowest BCUT2D eigenvalue weighted by molar-refractivity contribution is 0.272. The van der Waals surface area contributed by atoms with Crippen molar-refractivity contribution in [2.75, 3.05) is 23.9 Å². The molecule has 2 rings (SSSR count). The Labute approximate surface area is 114 Å². The smallest absolute Gasteiger partial charge is 0.149 e. The standard InChI is InChI=1S/C13H24N6/c1-3-7-11-15-12(17-14)10(2)13(16-11)18-19-8-5-4-6-9-19/h3-9,14H2,1-2H3,(H2,15,16,17,18). The van der Waals surface area contributed by atoms with Gasteiger partial charge in [0.1, 0.15) is 17.5 Å². The first-order valence-corrected chi connectivity index (χ1v) is 7.10. The lowest BCUT2D eigenvalue weighted by Gasteiger charge is -2.28. The Hall–Kier alpha value is -1.40. The molecule has 0 bridgehead atoms. The first-order chi connectivity index (χ1) is 9.24. The molecule has 2 heterocycles. The van der Waals surface area contributed by atoms with Gasteiger partial charge in [0.25, 0.3) is 0 Å². The van der Waals surface area contributed by atoms with Crippen LogP contribution in [0.3, 0.4) is 0 Å². The van der Waals surface area contributed by atoms with Crippen LogP contribution < -0.4 is 16.7 Å². The van der Waals surface area contributed by atoms with Crippen LogP contribution >= 0.6 is 0 Å². The molecule has 1 fully saturated rings. The number of hydrogen-bond acceptors (Lipinski definition) is 6. The second-order valence-electron chi connectivity index (χ2n) is 5.02. The molecule has 0 spiro atoms. The van der Waals surface area contributed by atoms with Gasteiger partial charge in [0.05, 0.1) is 0 Å². The molecule has 0 radical (unpaired) electrons. The molecule has 0 aromatic carbocycles. The van der Waals surface area contributed by atoms with Crippen molar-refractivity contribution in [3.8, 4) is 0 Å². The summed E-state index contributed by atoms with van der Waals surface area (Å²) in [5.74, 6) is 7.95. The highest BCUT2D eigenvalue weighted by molar-refractivity contribution is 5.56. The van der Waals surface area contributed by atoms with Crippen LogP contribution in [0, 0.1) is 6.92 Å². The van der Waals surface area contributed by atoms with E-state index < -0.39 is 0 Å². The molecule has 106 valence electrons. The minimum atomic E-state index is 0.706. The number of aromatic nitrogens is 2. The van der Waals surface area contributed by atoms with Crippen LogP contribution in [0.4, 0.5) is 11.6 Å². The van der Waals surface area contributed by atoms with Gasteiger partial charge in [-0.1, -0.05) is 13.3 Å².